The molecule has 0 unspecified atom stereocenters. The highest BCUT2D eigenvalue weighted by Crippen LogP contribution is 2.45. The quantitative estimate of drug-likeness (QED) is 0.201. The number of hydrogen-bond acceptors (Lipinski definition) is 4. The van der Waals surface area contributed by atoms with Gasteiger partial charge in [-0.3, -0.25) is 0 Å². The summed E-state index contributed by atoms with van der Waals surface area (Å²) in [6.07, 6.45) is 0. The van der Waals surface area contributed by atoms with Crippen molar-refractivity contribution in [1.29, 1.82) is 0 Å². The zero-order chi connectivity index (χ0) is 36.7. The van der Waals surface area contributed by atoms with E-state index in [1.807, 2.05) is 84.9 Å². The Morgan fingerprint density at radius 3 is 2.09 bits per heavy atom. The number of para-hydroxylation sites is 3. The van der Waals surface area contributed by atoms with Crippen LogP contribution >= 0.6 is 0 Å². The van der Waals surface area contributed by atoms with E-state index in [-0.39, 0.29) is 68.0 Å². The molecule has 7 aromatic carbocycles. The molecular formula is C41H26N2O2. The van der Waals surface area contributed by atoms with E-state index in [0.29, 0.717) is 22.5 Å². The van der Waals surface area contributed by atoms with Crippen LogP contribution in [0.3, 0.4) is 0 Å². The fraction of sp³-hybridized carbons (Fsp3) is 0. The second-order valence-corrected chi connectivity index (χ2v) is 10.6. The fourth-order valence-electron chi connectivity index (χ4n) is 5.74. The lowest BCUT2D eigenvalue weighted by atomic mass is 10.0. The zero-order valence-corrected chi connectivity index (χ0v) is 23.6. The predicted octanol–water partition coefficient (Wildman–Crippen LogP) is 11.7. The van der Waals surface area contributed by atoms with Crippen LogP contribution in [0.2, 0.25) is 0 Å². The predicted molar refractivity (Wildman–Crippen MR) is 184 cm³/mol. The van der Waals surface area contributed by atoms with Crippen molar-refractivity contribution in [3.63, 3.8) is 0 Å². The Morgan fingerprint density at radius 2 is 1.27 bits per heavy atom. The van der Waals surface area contributed by atoms with Crippen LogP contribution < -0.4 is 4.90 Å². The van der Waals surface area contributed by atoms with Crippen LogP contribution in [0.5, 0.6) is 0 Å². The third kappa shape index (κ3) is 4.27. The maximum atomic E-state index is 9.89. The molecule has 0 radical (unpaired) electrons. The smallest absolute Gasteiger partial charge is 0.228 e. The minimum Gasteiger partial charge on any atom is -0.455 e. The van der Waals surface area contributed by atoms with Gasteiger partial charge in [0.1, 0.15) is 16.7 Å². The number of fused-ring (bicyclic) bond motifs is 6. The lowest BCUT2D eigenvalue weighted by Crippen LogP contribution is -2.10. The maximum Gasteiger partial charge on any atom is 0.228 e. The van der Waals surface area contributed by atoms with Gasteiger partial charge < -0.3 is 13.7 Å². The van der Waals surface area contributed by atoms with E-state index in [1.165, 1.54) is 0 Å². The van der Waals surface area contributed by atoms with Crippen LogP contribution in [-0.4, -0.2) is 4.98 Å². The van der Waals surface area contributed by atoms with Crippen molar-refractivity contribution in [1.82, 2.24) is 4.98 Å². The highest BCUT2D eigenvalue weighted by molar-refractivity contribution is 6.19. The van der Waals surface area contributed by atoms with Crippen molar-refractivity contribution in [3.05, 3.63) is 158 Å². The van der Waals surface area contributed by atoms with Gasteiger partial charge in [-0.1, -0.05) is 103 Å². The standard InChI is InChI=1S/C41H26N2O2/c1-3-11-27(12-4-1)28-19-22-31(23-20-28)43(30-14-5-2-6-15-30)32-25-35(41-42-36-17-9-10-18-37(36)45-41)39-34-24-21-29-13-7-8-16-33(29)40(34)44-38(39)26-32/h1-26H/i7D,8D,13D,16D,21D,24D,25D,26D. The number of hydrogen-bond donors (Lipinski definition) is 0. The molecular weight excluding hydrogens is 552 g/mol. The van der Waals surface area contributed by atoms with Gasteiger partial charge in [-0.2, -0.15) is 0 Å². The van der Waals surface area contributed by atoms with Crippen LogP contribution in [0.15, 0.2) is 166 Å². The molecule has 4 nitrogen and oxygen atoms in total. The monoisotopic (exact) mass is 586 g/mol. The summed E-state index contributed by atoms with van der Waals surface area (Å²) < 4.78 is 84.6. The Balaban J connectivity index is 1.43. The first-order valence-electron chi connectivity index (χ1n) is 18.4. The van der Waals surface area contributed by atoms with E-state index in [4.69, 9.17) is 20.7 Å². The molecule has 9 rings (SSSR count). The Morgan fingerprint density at radius 1 is 0.556 bits per heavy atom. The molecule has 0 atom stereocenters. The van der Waals surface area contributed by atoms with Gasteiger partial charge in [-0.25, -0.2) is 4.98 Å². The molecule has 45 heavy (non-hydrogen) atoms. The molecule has 0 saturated carbocycles. The summed E-state index contributed by atoms with van der Waals surface area (Å²) >= 11 is 0. The molecule has 0 bridgehead atoms. The number of aromatic nitrogens is 1. The fourth-order valence-corrected chi connectivity index (χ4v) is 5.74. The number of rotatable bonds is 5. The van der Waals surface area contributed by atoms with Crippen molar-refractivity contribution < 1.29 is 19.8 Å². The minimum atomic E-state index is -0.535. The summed E-state index contributed by atoms with van der Waals surface area (Å²) in [6, 6.07) is 31.0. The number of nitrogens with zero attached hydrogens (tertiary/aromatic N) is 2. The van der Waals surface area contributed by atoms with Crippen molar-refractivity contribution in [2.45, 2.75) is 0 Å². The van der Waals surface area contributed by atoms with Crippen molar-refractivity contribution >= 4 is 60.9 Å². The summed E-state index contributed by atoms with van der Waals surface area (Å²) in [6.45, 7) is 0. The average molecular weight is 587 g/mol. The molecule has 212 valence electrons. The number of anilines is 3. The Labute approximate surface area is 270 Å². The van der Waals surface area contributed by atoms with Crippen molar-refractivity contribution in [3.8, 4) is 22.6 Å². The second kappa shape index (κ2) is 10.2. The lowest BCUT2D eigenvalue weighted by molar-refractivity contribution is 0.620. The van der Waals surface area contributed by atoms with Crippen LogP contribution in [0.4, 0.5) is 17.1 Å². The normalized spacial score (nSPS) is 14.0. The highest BCUT2D eigenvalue weighted by Gasteiger charge is 2.22. The van der Waals surface area contributed by atoms with Gasteiger partial charge in [-0.15, -0.1) is 0 Å². The SMILES string of the molecule is [2H]c1c([2H])c([2H])c2c(c1[2H])c([2H])c([2H])c1c2oc2c([2H])c(N(c3ccccc3)c3ccc(-c4ccccc4)cc3)c([2H])c(-c3nc4ccccc4o3)c21. The van der Waals surface area contributed by atoms with Gasteiger partial charge in [0, 0.05) is 33.6 Å². The van der Waals surface area contributed by atoms with Gasteiger partial charge in [0.25, 0.3) is 0 Å². The summed E-state index contributed by atoms with van der Waals surface area (Å²) in [7, 11) is 0. The first kappa shape index (κ1) is 18.5. The first-order valence-corrected chi connectivity index (χ1v) is 14.4. The van der Waals surface area contributed by atoms with E-state index in [2.05, 4.69) is 0 Å². The highest BCUT2D eigenvalue weighted by atomic mass is 16.3. The minimum absolute atomic E-state index is 0.0202. The van der Waals surface area contributed by atoms with Crippen LogP contribution in [0, 0.1) is 0 Å². The molecule has 2 aromatic heterocycles. The number of furan rings is 1. The second-order valence-electron chi connectivity index (χ2n) is 10.6. The Kier molecular flexibility index (Phi) is 4.22. The number of benzene rings is 7. The molecule has 0 spiro atoms. The molecule has 0 amide bonds. The molecule has 0 saturated heterocycles. The van der Waals surface area contributed by atoms with Gasteiger partial charge in [0.05, 0.1) is 22.2 Å². The summed E-state index contributed by atoms with van der Waals surface area (Å²) in [4.78, 5) is 6.51. The van der Waals surface area contributed by atoms with Gasteiger partial charge in [-0.05, 0) is 65.0 Å². The van der Waals surface area contributed by atoms with Crippen LogP contribution in [0.1, 0.15) is 11.0 Å². The van der Waals surface area contributed by atoms with E-state index in [9.17, 15) is 4.11 Å². The maximum absolute atomic E-state index is 9.89. The van der Waals surface area contributed by atoms with Gasteiger partial charge >= 0.3 is 0 Å². The lowest BCUT2D eigenvalue weighted by Gasteiger charge is -2.26. The van der Waals surface area contributed by atoms with Gasteiger partial charge in [0.15, 0.2) is 5.58 Å². The molecule has 0 aliphatic rings. The van der Waals surface area contributed by atoms with Gasteiger partial charge in [0.2, 0.25) is 5.89 Å². The average Bonchev–Trinajstić information content (AvgIpc) is 3.80. The molecule has 9 aromatic rings. The van der Waals surface area contributed by atoms with Crippen molar-refractivity contribution in [2.75, 3.05) is 4.90 Å². The molecule has 0 aliphatic carbocycles. The summed E-state index contributed by atoms with van der Waals surface area (Å²) in [5.74, 6) is 0.0265. The first-order chi connectivity index (χ1) is 25.7. The molecule has 0 aliphatic heterocycles. The molecule has 4 heteroatoms. The largest absolute Gasteiger partial charge is 0.455 e. The molecule has 2 heterocycles. The zero-order valence-electron chi connectivity index (χ0n) is 31.6. The van der Waals surface area contributed by atoms with Crippen molar-refractivity contribution in [2.24, 2.45) is 0 Å². The Bertz CT molecular complexity index is 2890. The Hall–Kier alpha value is -6.13. The topological polar surface area (TPSA) is 42.4 Å². The van der Waals surface area contributed by atoms with Crippen LogP contribution in [0.25, 0.3) is 66.4 Å². The molecule has 0 fully saturated rings. The van der Waals surface area contributed by atoms with E-state index >= 15 is 0 Å². The van der Waals surface area contributed by atoms with E-state index in [0.717, 1.165) is 11.1 Å². The number of oxazole rings is 1. The third-order valence-electron chi connectivity index (χ3n) is 7.84. The van der Waals surface area contributed by atoms with E-state index < -0.39 is 30.2 Å². The van der Waals surface area contributed by atoms with E-state index in [1.54, 1.807) is 29.2 Å². The summed E-state index contributed by atoms with van der Waals surface area (Å²) in [5, 5.41) is -0.119. The third-order valence-corrected chi connectivity index (χ3v) is 7.84. The molecule has 0 N–H and O–H groups in total. The van der Waals surface area contributed by atoms with Crippen LogP contribution in [-0.2, 0) is 0 Å². The summed E-state index contributed by atoms with van der Waals surface area (Å²) in [5.41, 5.74) is 4.34.